The molecule has 0 heterocycles. The lowest BCUT2D eigenvalue weighted by molar-refractivity contribution is -0.167. The molecule has 6 nitrogen and oxygen atoms in total. The first-order valence-electron chi connectivity index (χ1n) is 33.3. The first-order valence-corrected chi connectivity index (χ1v) is 33.3. The summed E-state index contributed by atoms with van der Waals surface area (Å²) >= 11 is 0. The highest BCUT2D eigenvalue weighted by Crippen LogP contribution is 2.17. The molecule has 1 atom stereocenters. The lowest BCUT2D eigenvalue weighted by Gasteiger charge is -2.18. The smallest absolute Gasteiger partial charge is 0.306 e. The van der Waals surface area contributed by atoms with Gasteiger partial charge in [-0.2, -0.15) is 0 Å². The molecular weight excluding hydrogens is 937 g/mol. The molecule has 0 saturated heterocycles. The molecule has 6 heteroatoms. The maximum absolute atomic E-state index is 12.9. The second-order valence-corrected chi connectivity index (χ2v) is 22.4. The van der Waals surface area contributed by atoms with Crippen LogP contribution in [0.3, 0.4) is 0 Å². The molecule has 0 amide bonds. The van der Waals surface area contributed by atoms with Crippen LogP contribution in [0, 0.1) is 0 Å². The van der Waals surface area contributed by atoms with Gasteiger partial charge in [0.2, 0.25) is 0 Å². The maximum atomic E-state index is 12.9. The molecular formula is C70H126O6. The third-order valence-electron chi connectivity index (χ3n) is 14.8. The Morgan fingerprint density at radius 1 is 0.276 bits per heavy atom. The van der Waals surface area contributed by atoms with Crippen molar-refractivity contribution in [3.8, 4) is 0 Å². The van der Waals surface area contributed by atoms with Gasteiger partial charge in [0, 0.05) is 19.3 Å². The Morgan fingerprint density at radius 2 is 0.513 bits per heavy atom. The molecule has 0 radical (unpaired) electrons. The van der Waals surface area contributed by atoms with Crippen LogP contribution in [-0.4, -0.2) is 37.2 Å². The van der Waals surface area contributed by atoms with Crippen molar-refractivity contribution < 1.29 is 28.6 Å². The topological polar surface area (TPSA) is 78.9 Å². The Balaban J connectivity index is 4.10. The van der Waals surface area contributed by atoms with Crippen molar-refractivity contribution in [2.24, 2.45) is 0 Å². The molecule has 0 N–H and O–H groups in total. The van der Waals surface area contributed by atoms with Gasteiger partial charge in [0.05, 0.1) is 0 Å². The summed E-state index contributed by atoms with van der Waals surface area (Å²) in [6.45, 7) is 6.54. The molecule has 76 heavy (non-hydrogen) atoms. The number of unbranched alkanes of at least 4 members (excludes halogenated alkanes) is 40. The van der Waals surface area contributed by atoms with Crippen LogP contribution < -0.4 is 0 Å². The van der Waals surface area contributed by atoms with E-state index in [-0.39, 0.29) is 31.1 Å². The number of allylic oxidation sites excluding steroid dienone is 10. The first kappa shape index (κ1) is 73.1. The summed E-state index contributed by atoms with van der Waals surface area (Å²) in [6.07, 6.45) is 82.6. The Hall–Kier alpha value is -2.89. The van der Waals surface area contributed by atoms with Gasteiger partial charge < -0.3 is 14.2 Å². The zero-order chi connectivity index (χ0) is 55.0. The maximum Gasteiger partial charge on any atom is 0.306 e. The van der Waals surface area contributed by atoms with Gasteiger partial charge in [-0.15, -0.1) is 0 Å². The van der Waals surface area contributed by atoms with Crippen molar-refractivity contribution in [2.75, 3.05) is 13.2 Å². The average molecular weight is 1060 g/mol. The Kier molecular flexibility index (Phi) is 62.2. The van der Waals surface area contributed by atoms with E-state index < -0.39 is 6.10 Å². The normalized spacial score (nSPS) is 12.4. The zero-order valence-electron chi connectivity index (χ0n) is 50.8. The highest BCUT2D eigenvalue weighted by Gasteiger charge is 2.19. The van der Waals surface area contributed by atoms with Crippen LogP contribution in [-0.2, 0) is 28.6 Å². The molecule has 0 rings (SSSR count). The SMILES string of the molecule is CC/C=C\C/C=C\C/C=C\C/C=C\CCCCCCCCCCCCCCCCCCC(=O)OCC(COC(=O)CCCCCCCCCC)OC(=O)CCCCCCCCCCC/C=C\CCCCCCCCCC. The second kappa shape index (κ2) is 64.6. The molecule has 0 aliphatic heterocycles. The van der Waals surface area contributed by atoms with Crippen molar-refractivity contribution >= 4 is 17.9 Å². The summed E-state index contributed by atoms with van der Waals surface area (Å²) in [5.74, 6) is -0.857. The summed E-state index contributed by atoms with van der Waals surface area (Å²) in [6, 6.07) is 0. The lowest BCUT2D eigenvalue weighted by atomic mass is 10.0. The Morgan fingerprint density at radius 3 is 0.816 bits per heavy atom. The summed E-state index contributed by atoms with van der Waals surface area (Å²) in [4.78, 5) is 38.2. The van der Waals surface area contributed by atoms with Crippen LogP contribution in [0.5, 0.6) is 0 Å². The number of hydrogen-bond donors (Lipinski definition) is 0. The molecule has 0 aromatic rings. The zero-order valence-corrected chi connectivity index (χ0v) is 50.8. The molecule has 442 valence electrons. The highest BCUT2D eigenvalue weighted by atomic mass is 16.6. The summed E-state index contributed by atoms with van der Waals surface area (Å²) in [5.41, 5.74) is 0. The predicted octanol–water partition coefficient (Wildman–Crippen LogP) is 22.7. The summed E-state index contributed by atoms with van der Waals surface area (Å²) < 4.78 is 16.9. The van der Waals surface area contributed by atoms with Gasteiger partial charge >= 0.3 is 17.9 Å². The Bertz CT molecular complexity index is 1360. The first-order chi connectivity index (χ1) is 37.5. The largest absolute Gasteiger partial charge is 0.462 e. The number of rotatable bonds is 61. The lowest BCUT2D eigenvalue weighted by Crippen LogP contribution is -2.30. The van der Waals surface area contributed by atoms with Crippen LogP contribution in [0.1, 0.15) is 348 Å². The molecule has 0 saturated carbocycles. The van der Waals surface area contributed by atoms with E-state index in [1.807, 2.05) is 0 Å². The van der Waals surface area contributed by atoms with Crippen molar-refractivity contribution in [2.45, 2.75) is 354 Å². The molecule has 0 aliphatic carbocycles. The van der Waals surface area contributed by atoms with Crippen LogP contribution >= 0.6 is 0 Å². The molecule has 1 unspecified atom stereocenters. The van der Waals surface area contributed by atoms with E-state index in [1.165, 1.54) is 225 Å². The van der Waals surface area contributed by atoms with E-state index in [4.69, 9.17) is 14.2 Å². The second-order valence-electron chi connectivity index (χ2n) is 22.4. The van der Waals surface area contributed by atoms with Crippen molar-refractivity contribution in [1.82, 2.24) is 0 Å². The molecule has 0 aromatic carbocycles. The van der Waals surface area contributed by atoms with Crippen molar-refractivity contribution in [3.05, 3.63) is 60.8 Å². The average Bonchev–Trinajstić information content (AvgIpc) is 3.42. The van der Waals surface area contributed by atoms with Crippen LogP contribution in [0.2, 0.25) is 0 Å². The number of carbonyl (C=O) groups excluding carboxylic acids is 3. The molecule has 0 aromatic heterocycles. The monoisotopic (exact) mass is 1060 g/mol. The molecule has 0 fully saturated rings. The van der Waals surface area contributed by atoms with Gasteiger partial charge in [0.1, 0.15) is 13.2 Å². The van der Waals surface area contributed by atoms with Gasteiger partial charge in [0.25, 0.3) is 0 Å². The van der Waals surface area contributed by atoms with Gasteiger partial charge in [0.15, 0.2) is 6.10 Å². The van der Waals surface area contributed by atoms with E-state index in [2.05, 4.69) is 81.5 Å². The fourth-order valence-corrected chi connectivity index (χ4v) is 9.79. The van der Waals surface area contributed by atoms with E-state index in [0.29, 0.717) is 19.3 Å². The van der Waals surface area contributed by atoms with E-state index in [0.717, 1.165) is 83.5 Å². The fourth-order valence-electron chi connectivity index (χ4n) is 9.79. The minimum Gasteiger partial charge on any atom is -0.462 e. The molecule has 0 spiro atoms. The van der Waals surface area contributed by atoms with Gasteiger partial charge in [-0.1, -0.05) is 306 Å². The number of hydrogen-bond acceptors (Lipinski definition) is 6. The van der Waals surface area contributed by atoms with Crippen LogP contribution in [0.15, 0.2) is 60.8 Å². The molecule has 0 bridgehead atoms. The quantitative estimate of drug-likeness (QED) is 0.0261. The third-order valence-corrected chi connectivity index (χ3v) is 14.8. The van der Waals surface area contributed by atoms with Crippen LogP contribution in [0.4, 0.5) is 0 Å². The van der Waals surface area contributed by atoms with Gasteiger partial charge in [-0.25, -0.2) is 0 Å². The predicted molar refractivity (Wildman–Crippen MR) is 330 cm³/mol. The highest BCUT2D eigenvalue weighted by molar-refractivity contribution is 5.71. The minimum absolute atomic E-state index is 0.0704. The number of ether oxygens (including phenoxy) is 3. The van der Waals surface area contributed by atoms with E-state index in [9.17, 15) is 14.4 Å². The fraction of sp³-hybridized carbons (Fsp3) is 0.814. The summed E-state index contributed by atoms with van der Waals surface area (Å²) in [7, 11) is 0. The third kappa shape index (κ3) is 62.0. The minimum atomic E-state index is -0.771. The van der Waals surface area contributed by atoms with Crippen molar-refractivity contribution in [1.29, 1.82) is 0 Å². The van der Waals surface area contributed by atoms with Gasteiger partial charge in [-0.05, 0) is 83.5 Å². The summed E-state index contributed by atoms with van der Waals surface area (Å²) in [5, 5.41) is 0. The number of esters is 3. The Labute approximate surface area is 472 Å². The van der Waals surface area contributed by atoms with Crippen molar-refractivity contribution in [3.63, 3.8) is 0 Å². The number of carbonyl (C=O) groups is 3. The molecule has 0 aliphatic rings. The standard InChI is InChI=1S/C70H126O6/c1-4-7-10-13-16-19-21-23-25-27-29-31-32-33-34-35-36-37-38-40-41-43-45-47-49-51-54-57-60-63-69(72)75-66-67(65-74-68(71)62-59-56-53-18-15-12-9-6-3)76-70(73)64-61-58-55-52-50-48-46-44-42-39-30-28-26-24-22-20-17-14-11-8-5-2/h7,10,16,19,23,25,28-31,67H,4-6,8-9,11-15,17-18,20-22,24,26-27,32-66H2,1-3H3/b10-7-,19-16-,25-23-,30-28-,31-29-. The van der Waals surface area contributed by atoms with Gasteiger partial charge in [-0.3, -0.25) is 14.4 Å². The van der Waals surface area contributed by atoms with E-state index in [1.54, 1.807) is 0 Å². The van der Waals surface area contributed by atoms with Crippen LogP contribution in [0.25, 0.3) is 0 Å². The van der Waals surface area contributed by atoms with E-state index >= 15 is 0 Å².